The molecule has 3 heterocycles. The minimum absolute atomic E-state index is 0.0106. The predicted molar refractivity (Wildman–Crippen MR) is 69.2 cm³/mol. The Hall–Kier alpha value is -2.11. The van der Waals surface area contributed by atoms with E-state index < -0.39 is 0 Å². The van der Waals surface area contributed by atoms with Crippen molar-refractivity contribution in [2.75, 3.05) is 0 Å². The zero-order valence-corrected chi connectivity index (χ0v) is 10.9. The number of aryl methyl sites for hydroxylation is 2. The average Bonchev–Trinajstić information content (AvgIpc) is 2.95. The number of aromatic nitrogens is 4. The van der Waals surface area contributed by atoms with Crippen molar-refractivity contribution in [2.45, 2.75) is 32.4 Å². The Balaban J connectivity index is 1.88. The quantitative estimate of drug-likeness (QED) is 0.759. The number of ketones is 1. The van der Waals surface area contributed by atoms with Gasteiger partial charge in [-0.25, -0.2) is 9.48 Å². The van der Waals surface area contributed by atoms with Crippen LogP contribution in [0.15, 0.2) is 23.1 Å². The van der Waals surface area contributed by atoms with E-state index in [1.54, 1.807) is 15.2 Å². The monoisotopic (exact) mass is 260 g/mol. The van der Waals surface area contributed by atoms with Crippen molar-refractivity contribution in [1.82, 2.24) is 18.9 Å². The highest BCUT2D eigenvalue weighted by Crippen LogP contribution is 2.09. The predicted octanol–water partition coefficient (Wildman–Crippen LogP) is 0.602. The summed E-state index contributed by atoms with van der Waals surface area (Å²) in [5.74, 6) is 0.709. The van der Waals surface area contributed by atoms with Crippen LogP contribution in [0.4, 0.5) is 0 Å². The van der Waals surface area contributed by atoms with Crippen LogP contribution in [0.1, 0.15) is 29.2 Å². The van der Waals surface area contributed by atoms with E-state index in [0.29, 0.717) is 12.2 Å². The second kappa shape index (κ2) is 4.53. The van der Waals surface area contributed by atoms with Crippen molar-refractivity contribution in [3.8, 4) is 0 Å². The minimum Gasteiger partial charge on any atom is -0.348 e. The van der Waals surface area contributed by atoms with E-state index in [9.17, 15) is 9.59 Å². The fraction of sp³-hybridized carbons (Fsp3) is 0.462. The van der Waals surface area contributed by atoms with Gasteiger partial charge < -0.3 is 4.57 Å². The van der Waals surface area contributed by atoms with Crippen LogP contribution in [0.5, 0.6) is 0 Å². The van der Waals surface area contributed by atoms with E-state index in [1.807, 2.05) is 19.3 Å². The Morgan fingerprint density at radius 1 is 1.42 bits per heavy atom. The molecule has 1 aliphatic heterocycles. The van der Waals surface area contributed by atoms with Gasteiger partial charge in [0.05, 0.1) is 5.69 Å². The molecule has 0 fully saturated rings. The summed E-state index contributed by atoms with van der Waals surface area (Å²) < 4.78 is 4.72. The van der Waals surface area contributed by atoms with Crippen LogP contribution in [-0.2, 0) is 26.6 Å². The van der Waals surface area contributed by atoms with E-state index in [2.05, 4.69) is 5.10 Å². The topological polar surface area (TPSA) is 61.8 Å². The summed E-state index contributed by atoms with van der Waals surface area (Å²) >= 11 is 0. The number of carbonyl (C=O) groups is 1. The summed E-state index contributed by atoms with van der Waals surface area (Å²) in [5.41, 5.74) is 0.426. The van der Waals surface area contributed by atoms with Crippen LogP contribution < -0.4 is 5.69 Å². The van der Waals surface area contributed by atoms with Gasteiger partial charge in [-0.1, -0.05) is 0 Å². The third-order valence-corrected chi connectivity index (χ3v) is 3.55. The van der Waals surface area contributed by atoms with Crippen molar-refractivity contribution >= 4 is 5.78 Å². The maximum Gasteiger partial charge on any atom is 0.346 e. The summed E-state index contributed by atoms with van der Waals surface area (Å²) in [6.07, 6.45) is 4.70. The third kappa shape index (κ3) is 2.03. The molecule has 2 aromatic rings. The summed E-state index contributed by atoms with van der Waals surface area (Å²) in [5, 5.41) is 4.27. The van der Waals surface area contributed by atoms with Gasteiger partial charge in [-0.2, -0.15) is 5.10 Å². The number of nitrogens with zero attached hydrogens (tertiary/aromatic N) is 4. The lowest BCUT2D eigenvalue weighted by atomic mass is 10.2. The van der Waals surface area contributed by atoms with Crippen LogP contribution in [0.25, 0.3) is 0 Å². The van der Waals surface area contributed by atoms with Gasteiger partial charge in [-0.3, -0.25) is 9.36 Å². The van der Waals surface area contributed by atoms with Gasteiger partial charge >= 0.3 is 5.69 Å². The smallest absolute Gasteiger partial charge is 0.346 e. The number of fused-ring (bicyclic) bond motifs is 1. The molecule has 0 saturated carbocycles. The van der Waals surface area contributed by atoms with Crippen molar-refractivity contribution in [1.29, 1.82) is 0 Å². The van der Waals surface area contributed by atoms with Crippen LogP contribution in [0.3, 0.4) is 0 Å². The first-order chi connectivity index (χ1) is 9.16. The van der Waals surface area contributed by atoms with Gasteiger partial charge in [0.2, 0.25) is 5.78 Å². The first-order valence-electron chi connectivity index (χ1n) is 6.48. The Kier molecular flexibility index (Phi) is 2.85. The number of carbonyl (C=O) groups excluding carboxylic acids is 1. The van der Waals surface area contributed by atoms with E-state index in [4.69, 9.17) is 0 Å². The van der Waals surface area contributed by atoms with Gasteiger partial charge in [0.15, 0.2) is 0 Å². The third-order valence-electron chi connectivity index (χ3n) is 3.55. The normalized spacial score (nSPS) is 14.4. The van der Waals surface area contributed by atoms with Gasteiger partial charge in [0.25, 0.3) is 0 Å². The summed E-state index contributed by atoms with van der Waals surface area (Å²) in [6.45, 7) is 0.725. The molecule has 100 valence electrons. The fourth-order valence-electron chi connectivity index (χ4n) is 2.52. The SMILES string of the molecule is Cn1cccc1C(=O)Cn1nc2n(c1=O)CCCC2. The molecule has 0 unspecified atom stereocenters. The molecule has 1 aliphatic rings. The highest BCUT2D eigenvalue weighted by molar-refractivity contribution is 5.94. The Morgan fingerprint density at radius 2 is 2.26 bits per heavy atom. The molecule has 0 aromatic carbocycles. The molecular weight excluding hydrogens is 244 g/mol. The molecule has 2 aromatic heterocycles. The molecule has 3 rings (SSSR count). The number of rotatable bonds is 3. The first-order valence-corrected chi connectivity index (χ1v) is 6.48. The second-order valence-corrected chi connectivity index (χ2v) is 4.89. The largest absolute Gasteiger partial charge is 0.348 e. The Bertz CT molecular complexity index is 677. The molecule has 0 N–H and O–H groups in total. The van der Waals surface area contributed by atoms with Crippen molar-refractivity contribution in [3.05, 3.63) is 40.3 Å². The maximum absolute atomic E-state index is 12.1. The fourth-order valence-corrected chi connectivity index (χ4v) is 2.52. The molecule has 0 atom stereocenters. The molecule has 0 amide bonds. The van der Waals surface area contributed by atoms with Gasteiger partial charge in [-0.15, -0.1) is 0 Å². The maximum atomic E-state index is 12.1. The number of Topliss-reactive ketones (excluding diaryl/α,β-unsaturated/α-hetero) is 1. The molecular formula is C13H16N4O2. The summed E-state index contributed by atoms with van der Waals surface area (Å²) in [6, 6.07) is 3.57. The number of hydrogen-bond donors (Lipinski definition) is 0. The van der Waals surface area contributed by atoms with Crippen LogP contribution in [0, 0.1) is 0 Å². The zero-order chi connectivity index (χ0) is 13.4. The van der Waals surface area contributed by atoms with E-state index in [0.717, 1.165) is 25.1 Å². The van der Waals surface area contributed by atoms with Crippen molar-refractivity contribution < 1.29 is 4.79 Å². The lowest BCUT2D eigenvalue weighted by Gasteiger charge is -2.09. The molecule has 0 aliphatic carbocycles. The lowest BCUT2D eigenvalue weighted by molar-refractivity contribution is 0.0958. The molecule has 6 nitrogen and oxygen atoms in total. The summed E-state index contributed by atoms with van der Waals surface area (Å²) in [7, 11) is 1.81. The highest BCUT2D eigenvalue weighted by Gasteiger charge is 2.19. The van der Waals surface area contributed by atoms with Crippen LogP contribution in [-0.4, -0.2) is 24.7 Å². The first kappa shape index (κ1) is 12.0. The molecule has 19 heavy (non-hydrogen) atoms. The van der Waals surface area contributed by atoms with Crippen LogP contribution >= 0.6 is 0 Å². The Morgan fingerprint density at radius 3 is 2.95 bits per heavy atom. The van der Waals surface area contributed by atoms with Gasteiger partial charge in [-0.05, 0) is 25.0 Å². The van der Waals surface area contributed by atoms with Crippen molar-refractivity contribution in [2.24, 2.45) is 7.05 Å². The highest BCUT2D eigenvalue weighted by atomic mass is 16.2. The Labute approximate surface area is 110 Å². The second-order valence-electron chi connectivity index (χ2n) is 4.89. The molecule has 0 saturated heterocycles. The van der Waals surface area contributed by atoms with E-state index in [-0.39, 0.29) is 18.0 Å². The molecule has 6 heteroatoms. The van der Waals surface area contributed by atoms with Crippen LogP contribution in [0.2, 0.25) is 0 Å². The zero-order valence-electron chi connectivity index (χ0n) is 10.9. The molecule has 0 radical (unpaired) electrons. The number of hydrogen-bond acceptors (Lipinski definition) is 3. The molecule has 0 bridgehead atoms. The van der Waals surface area contributed by atoms with Gasteiger partial charge in [0, 0.05) is 26.2 Å². The van der Waals surface area contributed by atoms with E-state index in [1.165, 1.54) is 4.68 Å². The van der Waals surface area contributed by atoms with Crippen molar-refractivity contribution in [3.63, 3.8) is 0 Å². The van der Waals surface area contributed by atoms with Gasteiger partial charge in [0.1, 0.15) is 12.4 Å². The van der Waals surface area contributed by atoms with E-state index >= 15 is 0 Å². The average molecular weight is 260 g/mol. The standard InChI is InChI=1S/C13H16N4O2/c1-15-7-4-5-10(15)11(18)9-17-13(19)16-8-3-2-6-12(16)14-17/h4-5,7H,2-3,6,8-9H2,1H3. The molecule has 0 spiro atoms. The minimum atomic E-state index is -0.169. The lowest BCUT2D eigenvalue weighted by Crippen LogP contribution is -2.29. The summed E-state index contributed by atoms with van der Waals surface area (Å²) in [4.78, 5) is 24.2.